The molecule has 8 nitrogen and oxygen atoms in total. The van der Waals surface area contributed by atoms with Gasteiger partial charge in [-0.15, -0.1) is 0 Å². The molecule has 1 fully saturated rings. The van der Waals surface area contributed by atoms with Gasteiger partial charge in [0.1, 0.15) is 34.9 Å². The maximum absolute atomic E-state index is 12.0. The van der Waals surface area contributed by atoms with Crippen molar-refractivity contribution in [2.75, 3.05) is 13.2 Å². The van der Waals surface area contributed by atoms with Gasteiger partial charge >= 0.3 is 0 Å². The van der Waals surface area contributed by atoms with Gasteiger partial charge in [-0.3, -0.25) is 0 Å². The van der Waals surface area contributed by atoms with Crippen LogP contribution in [0.1, 0.15) is 23.8 Å². The van der Waals surface area contributed by atoms with Crippen molar-refractivity contribution in [3.8, 4) is 0 Å². The summed E-state index contributed by atoms with van der Waals surface area (Å²) in [5.41, 5.74) is 0.946. The van der Waals surface area contributed by atoms with Gasteiger partial charge in [-0.1, -0.05) is 72.3 Å². The third-order valence-electron chi connectivity index (χ3n) is 6.45. The molecule has 0 radical (unpaired) electrons. The summed E-state index contributed by atoms with van der Waals surface area (Å²) in [7, 11) is 0. The Bertz CT molecular complexity index is 1270. The SMILES string of the molecule is OCC[C@@]1(O)[C@H](OCc2ccccc2)[C@@H](COCc2ccccc2)O[C@@H]1n1ccc2c(Cl)ncnc21. The molecule has 0 amide bonds. The van der Waals surface area contributed by atoms with Crippen LogP contribution in [0.15, 0.2) is 79.3 Å². The van der Waals surface area contributed by atoms with E-state index in [1.165, 1.54) is 6.33 Å². The summed E-state index contributed by atoms with van der Waals surface area (Å²) in [5, 5.41) is 22.9. The highest BCUT2D eigenvalue weighted by atomic mass is 35.5. The zero-order valence-corrected chi connectivity index (χ0v) is 20.4. The van der Waals surface area contributed by atoms with E-state index in [9.17, 15) is 10.2 Å². The van der Waals surface area contributed by atoms with E-state index in [2.05, 4.69) is 9.97 Å². The first kappa shape index (κ1) is 24.8. The Labute approximate surface area is 214 Å². The van der Waals surface area contributed by atoms with Crippen LogP contribution < -0.4 is 0 Å². The van der Waals surface area contributed by atoms with Crippen LogP contribution in [0.3, 0.4) is 0 Å². The van der Waals surface area contributed by atoms with Crippen molar-refractivity contribution in [3.05, 3.63) is 95.5 Å². The van der Waals surface area contributed by atoms with Gasteiger partial charge in [0.2, 0.25) is 0 Å². The molecular formula is C27H28ClN3O5. The second-order valence-electron chi connectivity index (χ2n) is 8.83. The maximum Gasteiger partial charge on any atom is 0.167 e. The number of ether oxygens (including phenoxy) is 3. The summed E-state index contributed by atoms with van der Waals surface area (Å²) in [4.78, 5) is 8.39. The minimum absolute atomic E-state index is 0.0325. The predicted octanol–water partition coefficient (Wildman–Crippen LogP) is 3.90. The van der Waals surface area contributed by atoms with Crippen LogP contribution in [-0.2, 0) is 27.4 Å². The highest BCUT2D eigenvalue weighted by molar-refractivity contribution is 6.33. The smallest absolute Gasteiger partial charge is 0.167 e. The van der Waals surface area contributed by atoms with Gasteiger partial charge in [0, 0.05) is 19.2 Å². The van der Waals surface area contributed by atoms with Gasteiger partial charge < -0.3 is 29.0 Å². The zero-order chi connectivity index (χ0) is 25.0. The molecule has 2 aromatic carbocycles. The first-order valence-electron chi connectivity index (χ1n) is 11.8. The first-order chi connectivity index (χ1) is 17.6. The van der Waals surface area contributed by atoms with Gasteiger partial charge in [-0.05, 0) is 17.2 Å². The molecule has 5 rings (SSSR count). The second-order valence-corrected chi connectivity index (χ2v) is 9.19. The number of hydrogen-bond donors (Lipinski definition) is 2. The minimum atomic E-state index is -1.56. The number of aliphatic hydroxyl groups excluding tert-OH is 1. The molecule has 1 aliphatic rings. The van der Waals surface area contributed by atoms with Gasteiger partial charge in [-0.25, -0.2) is 9.97 Å². The van der Waals surface area contributed by atoms with Crippen LogP contribution in [0, 0.1) is 0 Å². The quantitative estimate of drug-likeness (QED) is 0.313. The molecule has 0 aliphatic carbocycles. The summed E-state index contributed by atoms with van der Waals surface area (Å²) >= 11 is 6.26. The molecular weight excluding hydrogens is 482 g/mol. The summed E-state index contributed by atoms with van der Waals surface area (Å²) < 4.78 is 20.4. The van der Waals surface area contributed by atoms with E-state index < -0.39 is 24.0 Å². The molecule has 0 spiro atoms. The van der Waals surface area contributed by atoms with E-state index in [1.54, 1.807) is 16.8 Å². The Kier molecular flexibility index (Phi) is 7.62. The Balaban J connectivity index is 1.44. The topological polar surface area (TPSA) is 98.9 Å². The van der Waals surface area contributed by atoms with Gasteiger partial charge in [-0.2, -0.15) is 0 Å². The number of aliphatic hydroxyl groups is 2. The lowest BCUT2D eigenvalue weighted by atomic mass is 9.90. The van der Waals surface area contributed by atoms with E-state index in [0.29, 0.717) is 22.8 Å². The fourth-order valence-corrected chi connectivity index (χ4v) is 4.89. The number of rotatable bonds is 10. The van der Waals surface area contributed by atoms with Crippen molar-refractivity contribution >= 4 is 22.6 Å². The average molecular weight is 510 g/mol. The molecule has 0 bridgehead atoms. The molecule has 0 unspecified atom stereocenters. The summed E-state index contributed by atoms with van der Waals surface area (Å²) in [6.07, 6.45) is 0.878. The number of halogens is 1. The highest BCUT2D eigenvalue weighted by Gasteiger charge is 2.57. The third-order valence-corrected chi connectivity index (χ3v) is 6.75. The van der Waals surface area contributed by atoms with Crippen molar-refractivity contribution in [3.63, 3.8) is 0 Å². The van der Waals surface area contributed by atoms with E-state index >= 15 is 0 Å². The van der Waals surface area contributed by atoms with E-state index in [4.69, 9.17) is 25.8 Å². The van der Waals surface area contributed by atoms with Crippen molar-refractivity contribution in [2.24, 2.45) is 0 Å². The molecule has 9 heteroatoms. The number of aromatic nitrogens is 3. The molecule has 36 heavy (non-hydrogen) atoms. The fraction of sp³-hybridized carbons (Fsp3) is 0.333. The third kappa shape index (κ3) is 5.01. The van der Waals surface area contributed by atoms with E-state index in [-0.39, 0.29) is 26.2 Å². The molecule has 0 saturated carbocycles. The minimum Gasteiger partial charge on any atom is -0.396 e. The lowest BCUT2D eigenvalue weighted by molar-refractivity contribution is -0.135. The average Bonchev–Trinajstić information content (AvgIpc) is 3.44. The predicted molar refractivity (Wildman–Crippen MR) is 134 cm³/mol. The molecule has 2 aromatic heterocycles. The number of hydrogen-bond acceptors (Lipinski definition) is 7. The van der Waals surface area contributed by atoms with Crippen LogP contribution in [0.2, 0.25) is 5.15 Å². The molecule has 4 aromatic rings. The van der Waals surface area contributed by atoms with Crippen LogP contribution in [0.5, 0.6) is 0 Å². The monoisotopic (exact) mass is 509 g/mol. The Morgan fingerprint density at radius 1 is 0.972 bits per heavy atom. The lowest BCUT2D eigenvalue weighted by Crippen LogP contribution is -2.49. The number of benzene rings is 2. The fourth-order valence-electron chi connectivity index (χ4n) is 4.70. The van der Waals surface area contributed by atoms with Crippen LogP contribution in [0.4, 0.5) is 0 Å². The second kappa shape index (κ2) is 11.0. The van der Waals surface area contributed by atoms with Crippen molar-refractivity contribution in [1.29, 1.82) is 0 Å². The Morgan fingerprint density at radius 2 is 1.67 bits per heavy atom. The lowest BCUT2D eigenvalue weighted by Gasteiger charge is -2.34. The molecule has 188 valence electrons. The highest BCUT2D eigenvalue weighted by Crippen LogP contribution is 2.44. The largest absolute Gasteiger partial charge is 0.396 e. The van der Waals surface area contributed by atoms with Gasteiger partial charge in [0.05, 0.1) is 25.2 Å². The molecule has 3 heterocycles. The first-order valence-corrected chi connectivity index (χ1v) is 12.2. The van der Waals surface area contributed by atoms with Crippen LogP contribution in [0.25, 0.3) is 11.0 Å². The summed E-state index contributed by atoms with van der Waals surface area (Å²) in [6, 6.07) is 21.3. The Morgan fingerprint density at radius 3 is 2.36 bits per heavy atom. The van der Waals surface area contributed by atoms with Crippen LogP contribution >= 0.6 is 11.6 Å². The maximum atomic E-state index is 12.0. The summed E-state index contributed by atoms with van der Waals surface area (Å²) in [5.74, 6) is 0. The van der Waals surface area contributed by atoms with E-state index in [1.807, 2.05) is 60.7 Å². The van der Waals surface area contributed by atoms with E-state index in [0.717, 1.165) is 11.1 Å². The van der Waals surface area contributed by atoms with Gasteiger partial charge in [0.25, 0.3) is 0 Å². The van der Waals surface area contributed by atoms with Crippen molar-refractivity contribution < 1.29 is 24.4 Å². The van der Waals surface area contributed by atoms with Crippen molar-refractivity contribution in [1.82, 2.24) is 14.5 Å². The zero-order valence-electron chi connectivity index (χ0n) is 19.6. The van der Waals surface area contributed by atoms with Crippen molar-refractivity contribution in [2.45, 2.75) is 43.7 Å². The molecule has 1 saturated heterocycles. The molecule has 1 aliphatic heterocycles. The Hall–Kier alpha value is -2.85. The summed E-state index contributed by atoms with van der Waals surface area (Å²) in [6.45, 7) is 0.594. The number of nitrogens with zero attached hydrogens (tertiary/aromatic N) is 3. The normalized spacial score (nSPS) is 23.9. The number of fused-ring (bicyclic) bond motifs is 1. The van der Waals surface area contributed by atoms with Crippen LogP contribution in [-0.4, -0.2) is 55.8 Å². The van der Waals surface area contributed by atoms with Gasteiger partial charge in [0.15, 0.2) is 6.23 Å². The molecule has 4 atom stereocenters. The molecule has 2 N–H and O–H groups in total. The standard InChI is InChI=1S/C27H28ClN3O5/c28-24-21-11-13-31(25(21)30-18-29-24)26-27(33,12-14-32)23(35-16-20-9-5-2-6-10-20)22(36-26)17-34-15-19-7-3-1-4-8-19/h1-11,13,18,22-23,26,32-33H,12,14-17H2/t22-,23-,26+,27-/m1/s1.